The van der Waals surface area contributed by atoms with E-state index in [4.69, 9.17) is 14.7 Å². The number of carbonyl (C=O) groups excluding carboxylic acids is 1. The van der Waals surface area contributed by atoms with Crippen LogP contribution in [-0.2, 0) is 14.8 Å². The predicted octanol–water partition coefficient (Wildman–Crippen LogP) is 6.62. The van der Waals surface area contributed by atoms with Gasteiger partial charge in [0.15, 0.2) is 17.4 Å². The van der Waals surface area contributed by atoms with Crippen LogP contribution in [0.5, 0.6) is 11.6 Å². The molecule has 1 aliphatic heterocycles. The lowest BCUT2D eigenvalue weighted by molar-refractivity contribution is 0.0124. The van der Waals surface area contributed by atoms with Crippen LogP contribution in [0.15, 0.2) is 54.9 Å². The molecule has 4 aromatic rings. The molecular weight excluding hydrogens is 701 g/mol. The monoisotopic (exact) mass is 731 g/mol. The molecule has 1 aliphatic rings. The molecule has 268 valence electrons. The molecule has 2 atom stereocenters. The fourth-order valence-electron chi connectivity index (χ4n) is 5.18. The fraction of sp³-hybridized carbons (Fsp3) is 0.303. The summed E-state index contributed by atoms with van der Waals surface area (Å²) in [5.74, 6) is -8.19. The number of likely N-dealkylation sites (tertiary alicyclic amines) is 1. The molecule has 51 heavy (non-hydrogen) atoms. The Kier molecular flexibility index (Phi) is 10.3. The van der Waals surface area contributed by atoms with Gasteiger partial charge in [0.1, 0.15) is 23.3 Å². The molecule has 0 saturated carbocycles. The Hall–Kier alpha value is -5.57. The summed E-state index contributed by atoms with van der Waals surface area (Å²) in [6.07, 6.45) is 1.11. The molecule has 0 aliphatic carbocycles. The van der Waals surface area contributed by atoms with Gasteiger partial charge in [-0.25, -0.2) is 50.0 Å². The molecule has 1 N–H and O–H groups in total. The van der Waals surface area contributed by atoms with Crippen molar-refractivity contribution in [1.29, 1.82) is 5.26 Å². The average molecular weight is 732 g/mol. The first-order valence-electron chi connectivity index (χ1n) is 15.2. The predicted molar refractivity (Wildman–Crippen MR) is 174 cm³/mol. The number of alkyl halides is 1. The van der Waals surface area contributed by atoms with Crippen LogP contribution in [0.3, 0.4) is 0 Å². The number of piperidine rings is 1. The maximum absolute atomic E-state index is 15.6. The van der Waals surface area contributed by atoms with Gasteiger partial charge in [-0.15, -0.1) is 0 Å². The van der Waals surface area contributed by atoms with Crippen molar-refractivity contribution in [1.82, 2.24) is 19.9 Å². The van der Waals surface area contributed by atoms with Crippen LogP contribution in [0.1, 0.15) is 32.8 Å². The highest BCUT2D eigenvalue weighted by molar-refractivity contribution is 7.92. The van der Waals surface area contributed by atoms with E-state index in [-0.39, 0.29) is 52.5 Å². The first kappa shape index (κ1) is 36.7. The number of amides is 1. The Morgan fingerprint density at radius 2 is 1.78 bits per heavy atom. The normalized spacial score (nSPS) is 16.3. The van der Waals surface area contributed by atoms with Crippen molar-refractivity contribution in [3.63, 3.8) is 0 Å². The lowest BCUT2D eigenvalue weighted by atomic mass is 10.0. The number of hydrogen-bond donors (Lipinski definition) is 1. The summed E-state index contributed by atoms with van der Waals surface area (Å²) in [5.41, 5.74) is -3.06. The molecule has 12 nitrogen and oxygen atoms in total. The third-order valence-electron chi connectivity index (χ3n) is 7.23. The van der Waals surface area contributed by atoms with Crippen molar-refractivity contribution in [2.45, 2.75) is 45.0 Å². The third kappa shape index (κ3) is 8.43. The van der Waals surface area contributed by atoms with Crippen molar-refractivity contribution in [2.75, 3.05) is 29.0 Å². The van der Waals surface area contributed by atoms with E-state index in [1.165, 1.54) is 35.5 Å². The van der Waals surface area contributed by atoms with Gasteiger partial charge < -0.3 is 19.7 Å². The minimum absolute atomic E-state index is 0.0223. The second kappa shape index (κ2) is 14.3. The number of ether oxygens (including phenoxy) is 2. The largest absolute Gasteiger partial charge is 0.444 e. The van der Waals surface area contributed by atoms with Crippen LogP contribution in [0.2, 0.25) is 0 Å². The number of nitrogens with zero attached hydrogens (tertiary/aromatic N) is 6. The third-order valence-corrected chi connectivity index (χ3v) is 8.27. The van der Waals surface area contributed by atoms with Crippen LogP contribution >= 0.6 is 0 Å². The van der Waals surface area contributed by atoms with E-state index in [2.05, 4.69) is 20.3 Å². The van der Waals surface area contributed by atoms with Gasteiger partial charge in [0.25, 0.3) is 0 Å². The van der Waals surface area contributed by atoms with Crippen LogP contribution in [0.25, 0.3) is 11.3 Å². The van der Waals surface area contributed by atoms with Gasteiger partial charge in [0.05, 0.1) is 41.4 Å². The molecule has 1 amide bonds. The summed E-state index contributed by atoms with van der Waals surface area (Å²) in [4.78, 5) is 26.4. The molecule has 0 spiro atoms. The molecule has 18 heteroatoms. The summed E-state index contributed by atoms with van der Waals surface area (Å²) < 4.78 is 112. The maximum atomic E-state index is 15.6. The number of hydrogen-bond acceptors (Lipinski definition) is 10. The quantitative estimate of drug-likeness (QED) is 0.155. The summed E-state index contributed by atoms with van der Waals surface area (Å²) in [5, 5.41) is 12.0. The number of nitriles is 1. The molecule has 2 aromatic carbocycles. The zero-order valence-electron chi connectivity index (χ0n) is 27.5. The Balaban J connectivity index is 1.43. The lowest BCUT2D eigenvalue weighted by Gasteiger charge is -2.36. The van der Waals surface area contributed by atoms with Crippen LogP contribution in [0, 0.1) is 34.6 Å². The fourth-order valence-corrected chi connectivity index (χ4v) is 6.18. The van der Waals surface area contributed by atoms with E-state index in [9.17, 15) is 22.0 Å². The van der Waals surface area contributed by atoms with Crippen molar-refractivity contribution in [3.05, 3.63) is 83.7 Å². The first-order valence-corrected chi connectivity index (χ1v) is 17.0. The molecule has 0 unspecified atom stereocenters. The van der Waals surface area contributed by atoms with Crippen molar-refractivity contribution < 1.29 is 44.6 Å². The van der Waals surface area contributed by atoms with Gasteiger partial charge in [-0.2, -0.15) is 9.65 Å². The maximum Gasteiger partial charge on any atom is 0.410 e. The van der Waals surface area contributed by atoms with E-state index in [1.807, 2.05) is 0 Å². The van der Waals surface area contributed by atoms with E-state index < -0.39 is 74.3 Å². The van der Waals surface area contributed by atoms with E-state index in [0.29, 0.717) is 18.4 Å². The number of benzene rings is 2. The SMILES string of the molecule is CC(C)(C)OC(=O)N1C[C@@H](F)C[C@H](Nc2nccc(-c3cccnc3Oc3cc(F)c(N(c4ccc(C#N)cc4F)S(C)(=O)=O)c(F)c3F)n2)C1. The van der Waals surface area contributed by atoms with Crippen LogP contribution in [0.4, 0.5) is 44.1 Å². The second-order valence-electron chi connectivity index (χ2n) is 12.4. The van der Waals surface area contributed by atoms with Crippen molar-refractivity contribution >= 4 is 33.4 Å². The Labute approximate surface area is 289 Å². The number of pyridine rings is 1. The van der Waals surface area contributed by atoms with E-state index >= 15 is 13.2 Å². The highest BCUT2D eigenvalue weighted by Gasteiger charge is 2.34. The Morgan fingerprint density at radius 1 is 1.04 bits per heavy atom. The van der Waals surface area contributed by atoms with E-state index in [0.717, 1.165) is 12.1 Å². The van der Waals surface area contributed by atoms with Gasteiger partial charge in [-0.3, -0.25) is 0 Å². The summed E-state index contributed by atoms with van der Waals surface area (Å²) in [7, 11) is -4.68. The highest BCUT2D eigenvalue weighted by Crippen LogP contribution is 2.40. The number of halogens is 5. The summed E-state index contributed by atoms with van der Waals surface area (Å²) in [6, 6.07) is 8.24. The lowest BCUT2D eigenvalue weighted by Crippen LogP contribution is -2.51. The van der Waals surface area contributed by atoms with Gasteiger partial charge in [-0.1, -0.05) is 0 Å². The molecule has 1 fully saturated rings. The van der Waals surface area contributed by atoms with Gasteiger partial charge in [0, 0.05) is 37.5 Å². The van der Waals surface area contributed by atoms with Gasteiger partial charge >= 0.3 is 6.09 Å². The Bertz CT molecular complexity index is 2130. The average Bonchev–Trinajstić information content (AvgIpc) is 3.04. The van der Waals surface area contributed by atoms with Crippen LogP contribution in [-0.4, -0.2) is 71.5 Å². The Morgan fingerprint density at radius 3 is 2.45 bits per heavy atom. The molecule has 0 radical (unpaired) electrons. The molecular formula is C33H30F5N7O5S. The standard InChI is InChI=1S/C33H30F5N7O5S/c1-33(2,3)50-32(46)44-16-19(34)13-20(17-44)42-31-41-11-9-24(43-31)21-6-5-10-40-30(21)49-26-14-23(36)29(28(38)27(26)37)45(51(4,47)48)25-8-7-18(15-39)12-22(25)35/h5-12,14,19-20H,13,16-17H2,1-4H3,(H,41,42,43)/t19-,20-/m0/s1. The molecule has 3 heterocycles. The van der Waals surface area contributed by atoms with Crippen molar-refractivity contribution in [3.8, 4) is 29.0 Å². The van der Waals surface area contributed by atoms with Gasteiger partial charge in [-0.05, 0) is 57.2 Å². The summed E-state index contributed by atoms with van der Waals surface area (Å²) >= 11 is 0. The van der Waals surface area contributed by atoms with Crippen LogP contribution < -0.4 is 14.4 Å². The molecule has 2 aromatic heterocycles. The minimum atomic E-state index is -4.68. The first-order chi connectivity index (χ1) is 23.9. The molecule has 5 rings (SSSR count). The summed E-state index contributed by atoms with van der Waals surface area (Å²) in [6.45, 7) is 5.01. The number of anilines is 3. The number of sulfonamides is 1. The van der Waals surface area contributed by atoms with Gasteiger partial charge in [0.2, 0.25) is 27.7 Å². The van der Waals surface area contributed by atoms with Crippen molar-refractivity contribution in [2.24, 2.45) is 0 Å². The number of rotatable bonds is 8. The topological polar surface area (TPSA) is 151 Å². The molecule has 1 saturated heterocycles. The molecule has 0 bridgehead atoms. The van der Waals surface area contributed by atoms with E-state index in [1.54, 1.807) is 26.8 Å². The number of nitrogens with one attached hydrogen (secondary N) is 1. The zero-order chi connectivity index (χ0) is 37.2. The number of aromatic nitrogens is 3. The smallest absolute Gasteiger partial charge is 0.410 e. The number of carbonyl (C=O) groups is 1. The zero-order valence-corrected chi connectivity index (χ0v) is 28.3. The highest BCUT2D eigenvalue weighted by atomic mass is 32.2. The minimum Gasteiger partial charge on any atom is -0.444 e. The second-order valence-corrected chi connectivity index (χ2v) is 14.3.